The third-order valence-electron chi connectivity index (χ3n) is 4.82. The molecule has 1 fully saturated rings. The van der Waals surface area contributed by atoms with Crippen LogP contribution < -0.4 is 5.32 Å². The zero-order valence-corrected chi connectivity index (χ0v) is 16.1. The molecule has 0 radical (unpaired) electrons. The number of nitrogens with zero attached hydrogens (tertiary/aromatic N) is 1. The highest BCUT2D eigenvalue weighted by Crippen LogP contribution is 2.24. The van der Waals surface area contributed by atoms with Crippen LogP contribution in [0.1, 0.15) is 38.6 Å². The second-order valence-corrected chi connectivity index (χ2v) is 7.73. The van der Waals surface area contributed by atoms with Crippen molar-refractivity contribution in [2.75, 3.05) is 32.8 Å². The quantitative estimate of drug-likeness (QED) is 0.838. The van der Waals surface area contributed by atoms with Gasteiger partial charge in [0.2, 0.25) is 0 Å². The first-order chi connectivity index (χ1) is 12.6. The molecule has 0 aliphatic carbocycles. The molecular weight excluding hydrogens is 351 g/mol. The number of amides is 1. The van der Waals surface area contributed by atoms with E-state index >= 15 is 0 Å². The molecule has 0 unspecified atom stereocenters. The summed E-state index contributed by atoms with van der Waals surface area (Å²) in [4.78, 5) is 16.8. The zero-order valence-electron chi connectivity index (χ0n) is 15.3. The van der Waals surface area contributed by atoms with Crippen molar-refractivity contribution >= 4 is 17.2 Å². The van der Waals surface area contributed by atoms with Crippen molar-refractivity contribution in [3.63, 3.8) is 0 Å². The summed E-state index contributed by atoms with van der Waals surface area (Å²) >= 11 is 1.54. The van der Waals surface area contributed by atoms with Crippen LogP contribution in [0.5, 0.6) is 0 Å². The number of hydrogen-bond acceptors (Lipinski definition) is 4. The fraction of sp³-hybridized carbons (Fsp3) is 0.450. The number of rotatable bonds is 6. The van der Waals surface area contributed by atoms with E-state index in [4.69, 9.17) is 4.74 Å². The van der Waals surface area contributed by atoms with E-state index in [1.807, 2.05) is 6.07 Å². The predicted octanol–water partition coefficient (Wildman–Crippen LogP) is 3.56. The molecule has 1 aliphatic rings. The number of thiophene rings is 1. The Morgan fingerprint density at radius 3 is 2.62 bits per heavy atom. The van der Waals surface area contributed by atoms with Crippen LogP contribution in [0.2, 0.25) is 0 Å². The number of hydrogen-bond donors (Lipinski definition) is 1. The standard InChI is InChI=1S/C20H25FN2O2S/c1-3-15-12-19(26-14(15)2)20(24)22-13-18(23-8-10-25-11-9-23)16-4-6-17(21)7-5-16/h4-7,12,18H,3,8-11,13H2,1-2H3,(H,22,24)/t18-/m0/s1. The zero-order chi connectivity index (χ0) is 18.5. The lowest BCUT2D eigenvalue weighted by Crippen LogP contribution is -2.43. The minimum Gasteiger partial charge on any atom is -0.379 e. The molecule has 1 aromatic heterocycles. The van der Waals surface area contributed by atoms with E-state index in [1.165, 1.54) is 33.9 Å². The average Bonchev–Trinajstić information content (AvgIpc) is 3.05. The number of halogens is 1. The summed E-state index contributed by atoms with van der Waals surface area (Å²) in [6, 6.07) is 8.53. The molecule has 1 aliphatic heterocycles. The van der Waals surface area contributed by atoms with E-state index in [1.54, 1.807) is 12.1 Å². The monoisotopic (exact) mass is 376 g/mol. The first kappa shape index (κ1) is 19.0. The van der Waals surface area contributed by atoms with E-state index < -0.39 is 0 Å². The second kappa shape index (κ2) is 8.75. The molecular formula is C20H25FN2O2S. The van der Waals surface area contributed by atoms with Gasteiger partial charge in [-0.3, -0.25) is 9.69 Å². The van der Waals surface area contributed by atoms with E-state index in [-0.39, 0.29) is 17.8 Å². The Bertz CT molecular complexity index is 739. The predicted molar refractivity (Wildman–Crippen MR) is 102 cm³/mol. The first-order valence-electron chi connectivity index (χ1n) is 9.03. The van der Waals surface area contributed by atoms with Gasteiger partial charge in [-0.25, -0.2) is 4.39 Å². The Morgan fingerprint density at radius 2 is 2.00 bits per heavy atom. The van der Waals surface area contributed by atoms with Crippen molar-refractivity contribution in [2.45, 2.75) is 26.3 Å². The molecule has 6 heteroatoms. The fourth-order valence-electron chi connectivity index (χ4n) is 3.29. The van der Waals surface area contributed by atoms with Gasteiger partial charge in [0.1, 0.15) is 5.82 Å². The van der Waals surface area contributed by atoms with Crippen molar-refractivity contribution in [1.82, 2.24) is 10.2 Å². The Hall–Kier alpha value is -1.76. The van der Waals surface area contributed by atoms with Gasteiger partial charge in [0.05, 0.1) is 24.1 Å². The van der Waals surface area contributed by atoms with Crippen LogP contribution in [-0.4, -0.2) is 43.7 Å². The van der Waals surface area contributed by atoms with Crippen molar-refractivity contribution in [3.8, 4) is 0 Å². The normalized spacial score (nSPS) is 16.4. The minimum atomic E-state index is -0.250. The number of carbonyl (C=O) groups is 1. The molecule has 0 saturated carbocycles. The lowest BCUT2D eigenvalue weighted by atomic mass is 10.0. The highest BCUT2D eigenvalue weighted by atomic mass is 32.1. The molecule has 0 bridgehead atoms. The summed E-state index contributed by atoms with van der Waals surface area (Å²) in [6.07, 6.45) is 0.932. The number of carbonyl (C=O) groups excluding carboxylic acids is 1. The lowest BCUT2D eigenvalue weighted by molar-refractivity contribution is 0.0162. The third kappa shape index (κ3) is 4.50. The Kier molecular flexibility index (Phi) is 6.40. The number of nitrogens with one attached hydrogen (secondary N) is 1. The summed E-state index contributed by atoms with van der Waals surface area (Å²) in [6.45, 7) is 7.59. The number of morpholine rings is 1. The Labute approximate surface area is 158 Å². The number of ether oxygens (including phenoxy) is 1. The van der Waals surface area contributed by atoms with Crippen LogP contribution >= 0.6 is 11.3 Å². The highest BCUT2D eigenvalue weighted by Gasteiger charge is 2.24. The van der Waals surface area contributed by atoms with Crippen molar-refractivity contribution in [2.24, 2.45) is 0 Å². The smallest absolute Gasteiger partial charge is 0.261 e. The topological polar surface area (TPSA) is 41.6 Å². The van der Waals surface area contributed by atoms with Gasteiger partial charge in [-0.15, -0.1) is 11.3 Å². The maximum absolute atomic E-state index is 13.3. The van der Waals surface area contributed by atoms with Crippen LogP contribution in [-0.2, 0) is 11.2 Å². The molecule has 1 N–H and O–H groups in total. The van der Waals surface area contributed by atoms with Crippen LogP contribution in [0.4, 0.5) is 4.39 Å². The van der Waals surface area contributed by atoms with Crippen molar-refractivity contribution in [1.29, 1.82) is 0 Å². The van der Waals surface area contributed by atoms with Crippen LogP contribution in [0, 0.1) is 12.7 Å². The molecule has 1 atom stereocenters. The summed E-state index contributed by atoms with van der Waals surface area (Å²) in [5.41, 5.74) is 2.23. The molecule has 2 heterocycles. The van der Waals surface area contributed by atoms with Gasteiger partial charge in [0.15, 0.2) is 0 Å². The third-order valence-corrected chi connectivity index (χ3v) is 5.91. The largest absolute Gasteiger partial charge is 0.379 e. The molecule has 3 rings (SSSR count). The molecule has 140 valence electrons. The number of aryl methyl sites for hydroxylation is 2. The van der Waals surface area contributed by atoms with Gasteiger partial charge in [0.25, 0.3) is 5.91 Å². The molecule has 4 nitrogen and oxygen atoms in total. The Balaban J connectivity index is 1.72. The van der Waals surface area contributed by atoms with Gasteiger partial charge in [0, 0.05) is 24.5 Å². The summed E-state index contributed by atoms with van der Waals surface area (Å²) in [5, 5.41) is 3.07. The molecule has 0 spiro atoms. The summed E-state index contributed by atoms with van der Waals surface area (Å²) < 4.78 is 18.7. The fourth-order valence-corrected chi connectivity index (χ4v) is 4.32. The lowest BCUT2D eigenvalue weighted by Gasteiger charge is -2.34. The molecule has 2 aromatic rings. The Morgan fingerprint density at radius 1 is 1.31 bits per heavy atom. The van der Waals surface area contributed by atoms with Gasteiger partial charge in [-0.05, 0) is 42.7 Å². The van der Waals surface area contributed by atoms with E-state index in [2.05, 4.69) is 24.1 Å². The van der Waals surface area contributed by atoms with Gasteiger partial charge < -0.3 is 10.1 Å². The number of benzene rings is 1. The molecule has 1 amide bonds. The van der Waals surface area contributed by atoms with Crippen LogP contribution in [0.15, 0.2) is 30.3 Å². The molecule has 26 heavy (non-hydrogen) atoms. The van der Waals surface area contributed by atoms with Crippen LogP contribution in [0.3, 0.4) is 0 Å². The summed E-state index contributed by atoms with van der Waals surface area (Å²) in [5.74, 6) is -0.294. The second-order valence-electron chi connectivity index (χ2n) is 6.47. The molecule has 1 saturated heterocycles. The average molecular weight is 376 g/mol. The SMILES string of the molecule is CCc1cc(C(=O)NC[C@@H](c2ccc(F)cc2)N2CCOCC2)sc1C. The maximum Gasteiger partial charge on any atom is 0.261 e. The van der Waals surface area contributed by atoms with Gasteiger partial charge in [-0.1, -0.05) is 19.1 Å². The van der Waals surface area contributed by atoms with Crippen LogP contribution in [0.25, 0.3) is 0 Å². The van der Waals surface area contributed by atoms with E-state index in [0.717, 1.165) is 30.0 Å². The summed E-state index contributed by atoms with van der Waals surface area (Å²) in [7, 11) is 0. The first-order valence-corrected chi connectivity index (χ1v) is 9.85. The van der Waals surface area contributed by atoms with E-state index in [9.17, 15) is 9.18 Å². The van der Waals surface area contributed by atoms with Gasteiger partial charge in [-0.2, -0.15) is 0 Å². The van der Waals surface area contributed by atoms with Gasteiger partial charge >= 0.3 is 0 Å². The molecule has 1 aromatic carbocycles. The van der Waals surface area contributed by atoms with Crippen molar-refractivity contribution < 1.29 is 13.9 Å². The maximum atomic E-state index is 13.3. The van der Waals surface area contributed by atoms with E-state index in [0.29, 0.717) is 19.8 Å². The highest BCUT2D eigenvalue weighted by molar-refractivity contribution is 7.14. The van der Waals surface area contributed by atoms with Crippen molar-refractivity contribution in [3.05, 3.63) is 57.0 Å². The minimum absolute atomic E-state index is 0.00940.